The van der Waals surface area contributed by atoms with Crippen LogP contribution in [0.5, 0.6) is 0 Å². The van der Waals surface area contributed by atoms with E-state index in [4.69, 9.17) is 0 Å². The summed E-state index contributed by atoms with van der Waals surface area (Å²) in [6, 6.07) is 1.56. The first-order chi connectivity index (χ1) is 5.74. The molecule has 0 spiro atoms. The van der Waals surface area contributed by atoms with Gasteiger partial charge >= 0.3 is 5.82 Å². The largest absolute Gasteiger partial charge is 0.378 e. The summed E-state index contributed by atoms with van der Waals surface area (Å²) >= 11 is 1.23. The molecule has 0 N–H and O–H groups in total. The van der Waals surface area contributed by atoms with Crippen LogP contribution in [0, 0.1) is 10.1 Å². The number of nitro groups is 1. The Hall–Kier alpha value is -0.970. The van der Waals surface area contributed by atoms with Crippen LogP contribution in [0.25, 0.3) is 0 Å². The van der Waals surface area contributed by atoms with Gasteiger partial charge in [-0.15, -0.1) is 0 Å². The van der Waals surface area contributed by atoms with Crippen molar-refractivity contribution in [2.24, 2.45) is 0 Å². The van der Waals surface area contributed by atoms with Gasteiger partial charge in [0.1, 0.15) is 0 Å². The zero-order chi connectivity index (χ0) is 8.97. The second kappa shape index (κ2) is 4.15. The Kier molecular flexibility index (Phi) is 3.16. The third kappa shape index (κ3) is 2.27. The highest BCUT2D eigenvalue weighted by molar-refractivity contribution is 7.06. The summed E-state index contributed by atoms with van der Waals surface area (Å²) in [6.07, 6.45) is 3.08. The lowest BCUT2D eigenvalue weighted by Crippen LogP contribution is -1.85. The molecule has 0 radical (unpaired) electrons. The van der Waals surface area contributed by atoms with Crippen molar-refractivity contribution in [2.75, 3.05) is 0 Å². The van der Waals surface area contributed by atoms with Crippen LogP contribution in [0.4, 0.5) is 5.82 Å². The van der Waals surface area contributed by atoms with Crippen molar-refractivity contribution in [2.45, 2.75) is 26.2 Å². The maximum Gasteiger partial charge on any atom is 0.378 e. The first kappa shape index (κ1) is 9.12. The van der Waals surface area contributed by atoms with E-state index in [1.165, 1.54) is 11.5 Å². The first-order valence-electron chi connectivity index (χ1n) is 3.84. The Bertz CT molecular complexity index is 272. The number of rotatable bonds is 4. The third-order valence-corrected chi connectivity index (χ3v) is 2.35. The van der Waals surface area contributed by atoms with Gasteiger partial charge in [-0.25, -0.2) is 0 Å². The van der Waals surface area contributed by atoms with Crippen molar-refractivity contribution in [3.05, 3.63) is 21.1 Å². The minimum absolute atomic E-state index is 0.0221. The lowest BCUT2D eigenvalue weighted by Gasteiger charge is -1.88. The summed E-state index contributed by atoms with van der Waals surface area (Å²) in [5.41, 5.74) is 0. The quantitative estimate of drug-likeness (QED) is 0.536. The maximum atomic E-state index is 10.2. The fraction of sp³-hybridized carbons (Fsp3) is 0.571. The number of aromatic nitrogens is 1. The van der Waals surface area contributed by atoms with Crippen LogP contribution in [0.1, 0.15) is 24.6 Å². The molecule has 1 aromatic heterocycles. The molecule has 66 valence electrons. The Morgan fingerprint density at radius 1 is 1.75 bits per heavy atom. The molecule has 12 heavy (non-hydrogen) atoms. The van der Waals surface area contributed by atoms with Gasteiger partial charge < -0.3 is 10.1 Å². The lowest BCUT2D eigenvalue weighted by atomic mass is 10.2. The summed E-state index contributed by atoms with van der Waals surface area (Å²) < 4.78 is 3.71. The van der Waals surface area contributed by atoms with E-state index in [1.54, 1.807) is 6.07 Å². The van der Waals surface area contributed by atoms with Crippen molar-refractivity contribution < 1.29 is 4.92 Å². The van der Waals surface area contributed by atoms with E-state index >= 15 is 0 Å². The Morgan fingerprint density at radius 2 is 2.50 bits per heavy atom. The van der Waals surface area contributed by atoms with Gasteiger partial charge in [0, 0.05) is 4.37 Å². The molecular weight excluding hydrogens is 176 g/mol. The van der Waals surface area contributed by atoms with Gasteiger partial charge in [0.2, 0.25) is 0 Å². The van der Waals surface area contributed by atoms with Crippen LogP contribution in [-0.4, -0.2) is 9.30 Å². The number of hydrogen-bond acceptors (Lipinski definition) is 4. The predicted octanol–water partition coefficient (Wildman–Crippen LogP) is 2.39. The number of aryl methyl sites for hydroxylation is 1. The summed E-state index contributed by atoms with van der Waals surface area (Å²) in [7, 11) is 0. The molecule has 0 aromatic carbocycles. The molecule has 0 fully saturated rings. The van der Waals surface area contributed by atoms with E-state index < -0.39 is 4.92 Å². The van der Waals surface area contributed by atoms with Crippen molar-refractivity contribution in [3.8, 4) is 0 Å². The molecule has 0 aliphatic rings. The number of hydrogen-bond donors (Lipinski definition) is 0. The Labute approximate surface area is 74.5 Å². The second-order valence-corrected chi connectivity index (χ2v) is 3.40. The molecule has 0 aliphatic heterocycles. The van der Waals surface area contributed by atoms with Crippen LogP contribution < -0.4 is 0 Å². The molecule has 1 rings (SSSR count). The molecule has 1 heterocycles. The monoisotopic (exact) mass is 186 g/mol. The molecule has 1 aromatic rings. The van der Waals surface area contributed by atoms with Crippen molar-refractivity contribution >= 4 is 17.4 Å². The van der Waals surface area contributed by atoms with Gasteiger partial charge in [0.25, 0.3) is 0 Å². The minimum Gasteiger partial charge on any atom is -0.358 e. The SMILES string of the molecule is CCCCc1cc([N+](=O)[O-])ns1. The van der Waals surface area contributed by atoms with Crippen LogP contribution in [-0.2, 0) is 6.42 Å². The molecule has 0 bridgehead atoms. The topological polar surface area (TPSA) is 56.0 Å². The van der Waals surface area contributed by atoms with Crippen LogP contribution in [0.15, 0.2) is 6.07 Å². The highest BCUT2D eigenvalue weighted by Gasteiger charge is 2.11. The molecule has 0 unspecified atom stereocenters. The van der Waals surface area contributed by atoms with Gasteiger partial charge in [0.15, 0.2) is 0 Å². The van der Waals surface area contributed by atoms with Gasteiger partial charge in [-0.1, -0.05) is 13.3 Å². The Balaban J connectivity index is 2.58. The third-order valence-electron chi connectivity index (χ3n) is 1.51. The summed E-state index contributed by atoms with van der Waals surface area (Å²) in [5.74, 6) is -0.0221. The fourth-order valence-electron chi connectivity index (χ4n) is 0.857. The van der Waals surface area contributed by atoms with Crippen molar-refractivity contribution in [1.82, 2.24) is 4.37 Å². The van der Waals surface area contributed by atoms with E-state index in [0.717, 1.165) is 24.1 Å². The average Bonchev–Trinajstić information content (AvgIpc) is 2.48. The smallest absolute Gasteiger partial charge is 0.358 e. The number of nitrogens with zero attached hydrogens (tertiary/aromatic N) is 2. The maximum absolute atomic E-state index is 10.2. The average molecular weight is 186 g/mol. The lowest BCUT2D eigenvalue weighted by molar-refractivity contribution is -0.388. The zero-order valence-corrected chi connectivity index (χ0v) is 7.63. The van der Waals surface area contributed by atoms with E-state index in [0.29, 0.717) is 0 Å². The van der Waals surface area contributed by atoms with Crippen molar-refractivity contribution in [3.63, 3.8) is 0 Å². The molecule has 0 amide bonds. The number of unbranched alkanes of at least 4 members (excludes halogenated alkanes) is 1. The second-order valence-electron chi connectivity index (χ2n) is 2.51. The molecule has 5 heteroatoms. The van der Waals surface area contributed by atoms with Gasteiger partial charge in [-0.2, -0.15) is 0 Å². The van der Waals surface area contributed by atoms with E-state index in [-0.39, 0.29) is 5.82 Å². The van der Waals surface area contributed by atoms with Gasteiger partial charge in [-0.3, -0.25) is 0 Å². The van der Waals surface area contributed by atoms with Gasteiger partial charge in [0.05, 0.1) is 22.5 Å². The van der Waals surface area contributed by atoms with E-state index in [1.807, 2.05) is 0 Å². The fourth-order valence-corrected chi connectivity index (χ4v) is 1.58. The van der Waals surface area contributed by atoms with Crippen LogP contribution in [0.3, 0.4) is 0 Å². The summed E-state index contributed by atoms with van der Waals surface area (Å²) in [4.78, 5) is 10.8. The molecule has 4 nitrogen and oxygen atoms in total. The summed E-state index contributed by atoms with van der Waals surface area (Å²) in [6.45, 7) is 2.09. The molecular formula is C7H10N2O2S. The minimum atomic E-state index is -0.452. The molecule has 0 atom stereocenters. The van der Waals surface area contributed by atoms with Crippen molar-refractivity contribution in [1.29, 1.82) is 0 Å². The predicted molar refractivity (Wildman–Crippen MR) is 47.4 cm³/mol. The molecule has 0 aliphatic carbocycles. The molecule has 0 saturated heterocycles. The van der Waals surface area contributed by atoms with Crippen LogP contribution in [0.2, 0.25) is 0 Å². The highest BCUT2D eigenvalue weighted by atomic mass is 32.1. The summed E-state index contributed by atoms with van der Waals surface area (Å²) in [5, 5.41) is 10.2. The van der Waals surface area contributed by atoms with Crippen LogP contribution >= 0.6 is 11.5 Å². The zero-order valence-electron chi connectivity index (χ0n) is 6.82. The normalized spacial score (nSPS) is 10.1. The Morgan fingerprint density at radius 3 is 3.00 bits per heavy atom. The van der Waals surface area contributed by atoms with E-state index in [2.05, 4.69) is 11.3 Å². The standard InChI is InChI=1S/C7H10N2O2S/c1-2-3-4-6-5-7(8-12-6)9(10)11/h5H,2-4H2,1H3. The van der Waals surface area contributed by atoms with Gasteiger partial charge in [-0.05, 0) is 17.8 Å². The molecule has 0 saturated carbocycles. The highest BCUT2D eigenvalue weighted by Crippen LogP contribution is 2.17. The first-order valence-corrected chi connectivity index (χ1v) is 4.61. The van der Waals surface area contributed by atoms with E-state index in [9.17, 15) is 10.1 Å².